The van der Waals surface area contributed by atoms with Gasteiger partial charge in [0.1, 0.15) is 5.60 Å². The van der Waals surface area contributed by atoms with Crippen molar-refractivity contribution in [2.24, 2.45) is 5.92 Å². The minimum Gasteiger partial charge on any atom is -0.458 e. The minimum atomic E-state index is -0.604. The van der Waals surface area contributed by atoms with Crippen LogP contribution >= 0.6 is 11.6 Å². The van der Waals surface area contributed by atoms with E-state index < -0.39 is 11.5 Å². The van der Waals surface area contributed by atoms with Gasteiger partial charge in [-0.05, 0) is 43.9 Å². The molecule has 1 saturated heterocycles. The molecule has 1 aliphatic carbocycles. The highest BCUT2D eigenvalue weighted by Gasteiger charge is 2.52. The number of benzene rings is 1. The Morgan fingerprint density at radius 3 is 2.62 bits per heavy atom. The average Bonchev–Trinajstić information content (AvgIpc) is 2.83. The molecule has 1 aromatic carbocycles. The van der Waals surface area contributed by atoms with E-state index in [1.165, 1.54) is 0 Å². The summed E-state index contributed by atoms with van der Waals surface area (Å²) in [4.78, 5) is 26.5. The van der Waals surface area contributed by atoms with E-state index in [1.54, 1.807) is 6.07 Å². The number of carbonyl (C=O) groups excluding carboxylic acids is 2. The highest BCUT2D eigenvalue weighted by molar-refractivity contribution is 6.33. The third-order valence-corrected chi connectivity index (χ3v) is 5.34. The maximum Gasteiger partial charge on any atom is 0.307 e. The molecule has 1 aromatic rings. The van der Waals surface area contributed by atoms with Gasteiger partial charge >= 0.3 is 5.97 Å². The van der Waals surface area contributed by atoms with Crippen LogP contribution in [0, 0.1) is 5.92 Å². The van der Waals surface area contributed by atoms with Crippen molar-refractivity contribution in [2.45, 2.75) is 44.1 Å². The topological polar surface area (TPSA) is 58.6 Å². The maximum absolute atomic E-state index is 12.8. The monoisotopic (exact) mass is 350 g/mol. The Hall–Kier alpha value is -1.75. The molecule has 1 aliphatic heterocycles. The summed E-state index contributed by atoms with van der Waals surface area (Å²) in [5, 5.41) is 3.48. The Labute approximate surface area is 147 Å². The predicted octanol–water partition coefficient (Wildman–Crippen LogP) is 3.61. The quantitative estimate of drug-likeness (QED) is 0.846. The number of nitrogens with one attached hydrogen (secondary N) is 1. The van der Waals surface area contributed by atoms with Crippen LogP contribution in [-0.2, 0) is 14.3 Å². The molecule has 1 heterocycles. The lowest BCUT2D eigenvalue weighted by Crippen LogP contribution is -2.43. The van der Waals surface area contributed by atoms with Crippen LogP contribution < -0.4 is 10.2 Å². The normalized spacial score (nSPS) is 22.3. The van der Waals surface area contributed by atoms with Crippen LogP contribution in [0.1, 0.15) is 38.5 Å². The van der Waals surface area contributed by atoms with Crippen LogP contribution in [0.15, 0.2) is 18.2 Å². The van der Waals surface area contributed by atoms with Crippen molar-refractivity contribution in [3.05, 3.63) is 23.2 Å². The van der Waals surface area contributed by atoms with Crippen LogP contribution in [-0.4, -0.2) is 31.6 Å². The first-order valence-electron chi connectivity index (χ1n) is 8.41. The molecule has 6 heteroatoms. The molecule has 0 aromatic heterocycles. The SMILES string of the molecule is CN(C)c1ccc(NC(=O)C2CC(=O)OC23CCCCC3)cc1Cl. The van der Waals surface area contributed by atoms with Crippen LogP contribution in [0.3, 0.4) is 0 Å². The lowest BCUT2D eigenvalue weighted by Gasteiger charge is -2.36. The van der Waals surface area contributed by atoms with Gasteiger partial charge in [0.25, 0.3) is 0 Å². The van der Waals surface area contributed by atoms with Crippen LogP contribution in [0.4, 0.5) is 11.4 Å². The first kappa shape index (κ1) is 17.1. The van der Waals surface area contributed by atoms with Crippen molar-refractivity contribution in [3.8, 4) is 0 Å². The number of ether oxygens (including phenoxy) is 1. The molecule has 3 rings (SSSR count). The summed E-state index contributed by atoms with van der Waals surface area (Å²) in [5.74, 6) is -0.841. The van der Waals surface area contributed by atoms with E-state index in [2.05, 4.69) is 5.32 Å². The number of hydrogen-bond donors (Lipinski definition) is 1. The molecule has 1 saturated carbocycles. The second-order valence-electron chi connectivity index (χ2n) is 6.91. The molecule has 1 unspecified atom stereocenters. The summed E-state index contributed by atoms with van der Waals surface area (Å²) in [5.41, 5.74) is 0.922. The van der Waals surface area contributed by atoms with Crippen molar-refractivity contribution in [3.63, 3.8) is 0 Å². The average molecular weight is 351 g/mol. The van der Waals surface area contributed by atoms with Gasteiger partial charge in [-0.25, -0.2) is 0 Å². The molecule has 130 valence electrons. The zero-order valence-electron chi connectivity index (χ0n) is 14.1. The van der Waals surface area contributed by atoms with Gasteiger partial charge in [0.05, 0.1) is 23.0 Å². The third kappa shape index (κ3) is 3.22. The van der Waals surface area contributed by atoms with Gasteiger partial charge in [0.15, 0.2) is 0 Å². The van der Waals surface area contributed by atoms with Gasteiger partial charge in [-0.1, -0.05) is 18.0 Å². The van der Waals surface area contributed by atoms with E-state index in [4.69, 9.17) is 16.3 Å². The summed E-state index contributed by atoms with van der Waals surface area (Å²) in [6.45, 7) is 0. The lowest BCUT2D eigenvalue weighted by molar-refractivity contribution is -0.153. The van der Waals surface area contributed by atoms with Crippen LogP contribution in [0.2, 0.25) is 5.02 Å². The molecular weight excluding hydrogens is 328 g/mol. The molecule has 1 N–H and O–H groups in total. The molecule has 5 nitrogen and oxygen atoms in total. The zero-order valence-corrected chi connectivity index (χ0v) is 14.9. The fraction of sp³-hybridized carbons (Fsp3) is 0.556. The Morgan fingerprint density at radius 1 is 1.29 bits per heavy atom. The van der Waals surface area contributed by atoms with E-state index in [0.29, 0.717) is 10.7 Å². The van der Waals surface area contributed by atoms with Crippen molar-refractivity contribution < 1.29 is 14.3 Å². The maximum atomic E-state index is 12.8. The molecule has 1 spiro atoms. The number of esters is 1. The second kappa shape index (κ2) is 6.63. The summed E-state index contributed by atoms with van der Waals surface area (Å²) in [7, 11) is 3.82. The van der Waals surface area contributed by atoms with Gasteiger partial charge < -0.3 is 15.0 Å². The third-order valence-electron chi connectivity index (χ3n) is 5.04. The summed E-state index contributed by atoms with van der Waals surface area (Å²) >= 11 is 6.26. The highest BCUT2D eigenvalue weighted by atomic mass is 35.5. The van der Waals surface area contributed by atoms with Gasteiger partial charge in [-0.15, -0.1) is 0 Å². The molecule has 0 bridgehead atoms. The Kier molecular flexibility index (Phi) is 4.72. The summed E-state index contributed by atoms with van der Waals surface area (Å²) < 4.78 is 5.60. The summed E-state index contributed by atoms with van der Waals surface area (Å²) in [6.07, 6.45) is 4.85. The van der Waals surface area contributed by atoms with E-state index in [9.17, 15) is 9.59 Å². The van der Waals surface area contributed by atoms with E-state index >= 15 is 0 Å². The molecule has 2 fully saturated rings. The molecular formula is C18H23ClN2O3. The zero-order chi connectivity index (χ0) is 17.3. The van der Waals surface area contributed by atoms with E-state index in [0.717, 1.165) is 37.8 Å². The van der Waals surface area contributed by atoms with Crippen LogP contribution in [0.5, 0.6) is 0 Å². The molecule has 1 amide bonds. The Balaban J connectivity index is 1.76. The molecule has 0 radical (unpaired) electrons. The van der Waals surface area contributed by atoms with Crippen molar-refractivity contribution in [1.82, 2.24) is 0 Å². The standard InChI is InChI=1S/C18H23ClN2O3/c1-21(2)15-7-6-12(10-14(15)19)20-17(23)13-11-16(22)24-18(13)8-4-3-5-9-18/h6-7,10,13H,3-5,8-9,11H2,1-2H3,(H,20,23). The number of rotatable bonds is 3. The Bertz CT molecular complexity index is 654. The fourth-order valence-corrected chi connectivity index (χ4v) is 4.15. The number of anilines is 2. The molecule has 1 atom stereocenters. The van der Waals surface area contributed by atoms with E-state index in [1.807, 2.05) is 31.1 Å². The summed E-state index contributed by atoms with van der Waals surface area (Å²) in [6, 6.07) is 5.43. The first-order valence-corrected chi connectivity index (χ1v) is 8.79. The fourth-order valence-electron chi connectivity index (χ4n) is 3.80. The second-order valence-corrected chi connectivity index (χ2v) is 7.31. The predicted molar refractivity (Wildman–Crippen MR) is 94.4 cm³/mol. The van der Waals surface area contributed by atoms with Crippen molar-refractivity contribution >= 4 is 34.9 Å². The largest absolute Gasteiger partial charge is 0.458 e. The van der Waals surface area contributed by atoms with Gasteiger partial charge in [0.2, 0.25) is 5.91 Å². The number of hydrogen-bond acceptors (Lipinski definition) is 4. The first-order chi connectivity index (χ1) is 11.4. The minimum absolute atomic E-state index is 0.156. The number of carbonyl (C=O) groups is 2. The number of halogens is 1. The number of amides is 1. The molecule has 2 aliphatic rings. The Morgan fingerprint density at radius 2 is 2.00 bits per heavy atom. The number of nitrogens with zero attached hydrogens (tertiary/aromatic N) is 1. The van der Waals surface area contributed by atoms with Crippen molar-refractivity contribution in [1.29, 1.82) is 0 Å². The smallest absolute Gasteiger partial charge is 0.307 e. The lowest BCUT2D eigenvalue weighted by atomic mass is 9.75. The van der Waals surface area contributed by atoms with Crippen molar-refractivity contribution in [2.75, 3.05) is 24.3 Å². The van der Waals surface area contributed by atoms with Gasteiger partial charge in [0, 0.05) is 19.8 Å². The van der Waals surface area contributed by atoms with E-state index in [-0.39, 0.29) is 18.3 Å². The van der Waals surface area contributed by atoms with Crippen LogP contribution in [0.25, 0.3) is 0 Å². The molecule has 24 heavy (non-hydrogen) atoms. The van der Waals surface area contributed by atoms with Gasteiger partial charge in [-0.2, -0.15) is 0 Å². The van der Waals surface area contributed by atoms with Gasteiger partial charge in [-0.3, -0.25) is 9.59 Å². The highest BCUT2D eigenvalue weighted by Crippen LogP contribution is 2.44.